The Bertz CT molecular complexity index is 899. The van der Waals surface area contributed by atoms with Gasteiger partial charge in [-0.05, 0) is 39.0 Å². The number of piperazine rings is 1. The molecule has 2 N–H and O–H groups in total. The minimum Gasteiger partial charge on any atom is -0.326 e. The zero-order chi connectivity index (χ0) is 20.4. The summed E-state index contributed by atoms with van der Waals surface area (Å²) in [6.45, 7) is 9.94. The molecule has 2 aromatic rings. The van der Waals surface area contributed by atoms with Crippen LogP contribution in [-0.2, 0) is 5.66 Å². The van der Waals surface area contributed by atoms with Gasteiger partial charge >= 0.3 is 0 Å². The van der Waals surface area contributed by atoms with Gasteiger partial charge in [0.05, 0.1) is 11.9 Å². The van der Waals surface area contributed by atoms with Crippen LogP contribution in [0.4, 0.5) is 5.69 Å². The van der Waals surface area contributed by atoms with Crippen molar-refractivity contribution < 1.29 is 0 Å². The first-order valence-corrected chi connectivity index (χ1v) is 10.4. The maximum absolute atomic E-state index is 7.09. The molecular weight excluding hydrogens is 386 g/mol. The number of hydrogen-bond acceptors (Lipinski definition) is 6. The number of para-hydroxylation sites is 1. The molecule has 4 rings (SSSR count). The average Bonchev–Trinajstić information content (AvgIpc) is 3.13. The minimum absolute atomic E-state index is 0.259. The number of halogens is 1. The Labute approximate surface area is 177 Å². The number of anilines is 1. The quantitative estimate of drug-likeness (QED) is 0.753. The third-order valence-electron chi connectivity index (χ3n) is 5.49. The maximum Gasteiger partial charge on any atom is 0.220 e. The summed E-state index contributed by atoms with van der Waals surface area (Å²) in [4.78, 5) is 11.6. The van der Waals surface area contributed by atoms with Crippen LogP contribution in [0.3, 0.4) is 0 Å². The van der Waals surface area contributed by atoms with Gasteiger partial charge in [-0.1, -0.05) is 18.2 Å². The number of benzene rings is 1. The van der Waals surface area contributed by atoms with Crippen LogP contribution in [0.5, 0.6) is 0 Å². The fourth-order valence-corrected chi connectivity index (χ4v) is 4.52. The lowest BCUT2D eigenvalue weighted by Gasteiger charge is -2.49. The largest absolute Gasteiger partial charge is 0.326 e. The summed E-state index contributed by atoms with van der Waals surface area (Å²) in [5.74, 6) is 1.57. The van der Waals surface area contributed by atoms with Gasteiger partial charge in [-0.3, -0.25) is 4.90 Å². The Morgan fingerprint density at radius 1 is 1.17 bits per heavy atom. The lowest BCUT2D eigenvalue weighted by Crippen LogP contribution is -2.62. The van der Waals surface area contributed by atoms with E-state index in [1.807, 2.05) is 49.7 Å². The molecule has 1 atom stereocenters. The number of guanidine groups is 1. The van der Waals surface area contributed by atoms with Crippen LogP contribution in [0.1, 0.15) is 31.4 Å². The van der Waals surface area contributed by atoms with Gasteiger partial charge < -0.3 is 15.2 Å². The highest BCUT2D eigenvalue weighted by atomic mass is 35.5. The molecule has 1 aromatic carbocycles. The monoisotopic (exact) mass is 413 g/mol. The minimum atomic E-state index is -0.686. The highest BCUT2D eigenvalue weighted by molar-refractivity contribution is 6.24. The summed E-state index contributed by atoms with van der Waals surface area (Å²) >= 11 is 7.09. The maximum atomic E-state index is 7.09. The number of aryl methyl sites for hydroxylation is 1. The molecular formula is C21H28ClN7. The van der Waals surface area contributed by atoms with Crippen molar-refractivity contribution in [1.82, 2.24) is 24.2 Å². The van der Waals surface area contributed by atoms with Gasteiger partial charge in [-0.25, -0.2) is 14.4 Å². The molecule has 8 heteroatoms. The number of nitrogens with zero attached hydrogens (tertiary/aromatic N) is 5. The summed E-state index contributed by atoms with van der Waals surface area (Å²) in [7, 11) is 0. The molecule has 2 aliphatic rings. The zero-order valence-electron chi connectivity index (χ0n) is 17.1. The molecule has 1 saturated heterocycles. The molecule has 0 spiro atoms. The molecule has 0 saturated carbocycles. The summed E-state index contributed by atoms with van der Waals surface area (Å²) in [6, 6.07) is 10.2. The van der Waals surface area contributed by atoms with Crippen LogP contribution in [-0.4, -0.2) is 51.0 Å². The van der Waals surface area contributed by atoms with Gasteiger partial charge in [-0.2, -0.15) is 0 Å². The van der Waals surface area contributed by atoms with Crippen LogP contribution < -0.4 is 10.6 Å². The first kappa shape index (κ1) is 19.9. The highest BCUT2D eigenvalue weighted by Gasteiger charge is 2.48. The molecule has 1 aromatic heterocycles. The Balaban J connectivity index is 1.79. The first-order chi connectivity index (χ1) is 14.0. The van der Waals surface area contributed by atoms with E-state index < -0.39 is 5.66 Å². The van der Waals surface area contributed by atoms with E-state index >= 15 is 0 Å². The van der Waals surface area contributed by atoms with Crippen molar-refractivity contribution in [3.63, 3.8) is 0 Å². The van der Waals surface area contributed by atoms with Gasteiger partial charge in [0.25, 0.3) is 0 Å². The van der Waals surface area contributed by atoms with E-state index in [1.165, 1.54) is 0 Å². The summed E-state index contributed by atoms with van der Waals surface area (Å²) in [5.41, 5.74) is 1.30. The molecule has 0 bridgehead atoms. The first-order valence-electron chi connectivity index (χ1n) is 10.1. The number of hydrogen-bond donors (Lipinski definition) is 2. The Morgan fingerprint density at radius 2 is 1.90 bits per heavy atom. The van der Waals surface area contributed by atoms with Gasteiger partial charge in [0.2, 0.25) is 5.96 Å². The smallest absolute Gasteiger partial charge is 0.220 e. The van der Waals surface area contributed by atoms with Crippen LogP contribution in [0.25, 0.3) is 0 Å². The number of rotatable bonds is 4. The summed E-state index contributed by atoms with van der Waals surface area (Å²) in [5, 5.41) is 6.81. The van der Waals surface area contributed by atoms with Crippen molar-refractivity contribution in [3.8, 4) is 0 Å². The van der Waals surface area contributed by atoms with Crippen molar-refractivity contribution in [3.05, 3.63) is 60.3 Å². The molecule has 3 heterocycles. The standard InChI is InChI=1S/C21H28ClN7/c1-16(2)28-17(3)25-15-19(28)21(27-13-11-23-12-14-27)9-10-24-20(29(21)22)26-18-7-5-4-6-8-18/h4-10,15-16,23H,11-14H2,1-3H3,(H,24,26). The van der Waals surface area contributed by atoms with E-state index in [0.717, 1.165) is 43.4 Å². The molecule has 1 fully saturated rings. The van der Waals surface area contributed by atoms with Crippen molar-refractivity contribution in [2.45, 2.75) is 32.5 Å². The molecule has 154 valence electrons. The zero-order valence-corrected chi connectivity index (χ0v) is 17.9. The third-order valence-corrected chi connectivity index (χ3v) is 5.91. The van der Waals surface area contributed by atoms with Crippen molar-refractivity contribution in [2.24, 2.45) is 4.99 Å². The number of aromatic nitrogens is 2. The number of aliphatic imine (C=N–C) groups is 1. The van der Waals surface area contributed by atoms with E-state index in [9.17, 15) is 0 Å². The van der Waals surface area contributed by atoms with Crippen LogP contribution in [0, 0.1) is 6.92 Å². The van der Waals surface area contributed by atoms with E-state index in [-0.39, 0.29) is 6.04 Å². The fourth-order valence-electron chi connectivity index (χ4n) is 4.18. The molecule has 0 amide bonds. The molecule has 7 nitrogen and oxygen atoms in total. The van der Waals surface area contributed by atoms with Gasteiger partial charge in [0.1, 0.15) is 5.82 Å². The van der Waals surface area contributed by atoms with E-state index in [2.05, 4.69) is 50.0 Å². The Morgan fingerprint density at radius 3 is 2.59 bits per heavy atom. The molecule has 2 aliphatic heterocycles. The number of nitrogens with one attached hydrogen (secondary N) is 2. The number of imidazole rings is 1. The van der Waals surface area contributed by atoms with Crippen LogP contribution >= 0.6 is 11.8 Å². The lowest BCUT2D eigenvalue weighted by molar-refractivity contribution is 0.0413. The van der Waals surface area contributed by atoms with Gasteiger partial charge in [0, 0.05) is 55.9 Å². The molecule has 0 radical (unpaired) electrons. The molecule has 0 aliphatic carbocycles. The van der Waals surface area contributed by atoms with E-state index in [4.69, 9.17) is 11.8 Å². The topological polar surface area (TPSA) is 60.7 Å². The summed E-state index contributed by atoms with van der Waals surface area (Å²) in [6.07, 6.45) is 5.87. The lowest BCUT2D eigenvalue weighted by atomic mass is 10.0. The summed E-state index contributed by atoms with van der Waals surface area (Å²) < 4.78 is 3.98. The second kappa shape index (κ2) is 8.18. The SMILES string of the molecule is Cc1ncc(C2(N3CCNCC3)C=CN=C(Nc3ccccc3)N2Cl)n1C(C)C. The molecule has 29 heavy (non-hydrogen) atoms. The van der Waals surface area contributed by atoms with Crippen LogP contribution in [0.15, 0.2) is 53.8 Å². The Kier molecular flexibility index (Phi) is 5.63. The molecule has 1 unspecified atom stereocenters. The van der Waals surface area contributed by atoms with Crippen LogP contribution in [0.2, 0.25) is 0 Å². The van der Waals surface area contributed by atoms with Gasteiger partial charge in [0.15, 0.2) is 5.66 Å². The van der Waals surface area contributed by atoms with E-state index in [0.29, 0.717) is 5.96 Å². The van der Waals surface area contributed by atoms with Crippen molar-refractivity contribution >= 4 is 23.4 Å². The highest BCUT2D eigenvalue weighted by Crippen LogP contribution is 2.40. The second-order valence-corrected chi connectivity index (χ2v) is 8.00. The predicted octanol–water partition coefficient (Wildman–Crippen LogP) is 3.28. The fraction of sp³-hybridized carbons (Fsp3) is 0.429. The normalized spacial score (nSPS) is 22.8. The predicted molar refractivity (Wildman–Crippen MR) is 118 cm³/mol. The van der Waals surface area contributed by atoms with Gasteiger partial charge in [-0.15, -0.1) is 0 Å². The van der Waals surface area contributed by atoms with E-state index in [1.54, 1.807) is 4.42 Å². The third kappa shape index (κ3) is 3.54. The Hall–Kier alpha value is -2.35. The van der Waals surface area contributed by atoms with Crippen molar-refractivity contribution in [1.29, 1.82) is 0 Å². The van der Waals surface area contributed by atoms with Crippen molar-refractivity contribution in [2.75, 3.05) is 31.5 Å². The average molecular weight is 414 g/mol. The second-order valence-electron chi connectivity index (χ2n) is 7.66.